The molecule has 0 bridgehead atoms. The van der Waals surface area contributed by atoms with Gasteiger partial charge in [-0.05, 0) is 24.3 Å². The van der Waals surface area contributed by atoms with Gasteiger partial charge in [-0.15, -0.1) is 0 Å². The fraction of sp³-hybridized carbons (Fsp3) is 0.500. The van der Waals surface area contributed by atoms with Gasteiger partial charge in [0.15, 0.2) is 0 Å². The van der Waals surface area contributed by atoms with E-state index in [1.54, 1.807) is 0 Å². The molecule has 2 aliphatic rings. The molecule has 1 spiro atoms. The van der Waals surface area contributed by atoms with Crippen molar-refractivity contribution >= 4 is 0 Å². The van der Waals surface area contributed by atoms with E-state index >= 15 is 0 Å². The first kappa shape index (κ1) is 5.24. The molecule has 0 amide bonds. The van der Waals surface area contributed by atoms with Gasteiger partial charge in [-0.3, -0.25) is 0 Å². The van der Waals surface area contributed by atoms with E-state index in [1.807, 2.05) is 0 Å². The fourth-order valence-electron chi connectivity index (χ4n) is 1.64. The van der Waals surface area contributed by atoms with Crippen LogP contribution in [0.2, 0.25) is 0 Å². The lowest BCUT2D eigenvalue weighted by Crippen LogP contribution is -2.42. The lowest BCUT2D eigenvalue weighted by molar-refractivity contribution is -0.897. The number of hydrogen-bond donors (Lipinski definition) is 0. The maximum absolute atomic E-state index is 2.30. The smallest absolute Gasteiger partial charge is 0.0983 e. The van der Waals surface area contributed by atoms with Gasteiger partial charge in [0.25, 0.3) is 0 Å². The van der Waals surface area contributed by atoms with E-state index in [0.717, 1.165) is 0 Å². The van der Waals surface area contributed by atoms with Crippen molar-refractivity contribution in [3.05, 3.63) is 24.3 Å². The summed E-state index contributed by atoms with van der Waals surface area (Å²) in [5, 5.41) is 0. The third kappa shape index (κ3) is 0.724. The lowest BCUT2D eigenvalue weighted by atomic mass is 10.4. The highest BCUT2D eigenvalue weighted by Gasteiger charge is 2.28. The highest BCUT2D eigenvalue weighted by molar-refractivity contribution is 4.96. The van der Waals surface area contributed by atoms with Crippen LogP contribution < -0.4 is 0 Å². The quantitative estimate of drug-likeness (QED) is 0.331. The number of quaternary nitrogens is 1. The Kier molecular flexibility index (Phi) is 0.995. The Bertz CT molecular complexity index is 128. The molecule has 0 aromatic rings. The van der Waals surface area contributed by atoms with E-state index in [4.69, 9.17) is 0 Å². The molecule has 0 fully saturated rings. The average molecular weight is 122 g/mol. The van der Waals surface area contributed by atoms with Crippen LogP contribution in [0, 0.1) is 0 Å². The van der Waals surface area contributed by atoms with Crippen molar-refractivity contribution in [2.75, 3.05) is 26.2 Å². The average Bonchev–Trinajstić information content (AvgIpc) is 2.45. The van der Waals surface area contributed by atoms with Crippen molar-refractivity contribution in [1.29, 1.82) is 0 Å². The minimum Gasteiger partial charge on any atom is -0.311 e. The van der Waals surface area contributed by atoms with E-state index < -0.39 is 0 Å². The summed E-state index contributed by atoms with van der Waals surface area (Å²) in [6, 6.07) is 0. The second-order valence-electron chi connectivity index (χ2n) is 3.01. The van der Waals surface area contributed by atoms with Gasteiger partial charge in [0.2, 0.25) is 0 Å². The Balaban J connectivity index is 2.11. The predicted octanol–water partition coefficient (Wildman–Crippen LogP) is 0.943. The Morgan fingerprint density at radius 1 is 0.667 bits per heavy atom. The first-order valence-electron chi connectivity index (χ1n) is 3.56. The summed E-state index contributed by atoms with van der Waals surface area (Å²) < 4.78 is 1.28. The van der Waals surface area contributed by atoms with Crippen LogP contribution in [0.25, 0.3) is 0 Å². The second-order valence-corrected chi connectivity index (χ2v) is 3.01. The third-order valence-corrected chi connectivity index (χ3v) is 2.30. The van der Waals surface area contributed by atoms with Gasteiger partial charge in [0.05, 0.1) is 26.2 Å². The highest BCUT2D eigenvalue weighted by Crippen LogP contribution is 2.17. The summed E-state index contributed by atoms with van der Waals surface area (Å²) in [6.07, 6.45) is 9.19. The van der Waals surface area contributed by atoms with Gasteiger partial charge in [0, 0.05) is 0 Å². The molecule has 0 aliphatic carbocycles. The van der Waals surface area contributed by atoms with Crippen LogP contribution in [0.15, 0.2) is 24.3 Å². The number of hydrogen-bond acceptors (Lipinski definition) is 0. The monoisotopic (exact) mass is 122 g/mol. The Hall–Kier alpha value is -0.560. The molecule has 0 saturated heterocycles. The van der Waals surface area contributed by atoms with E-state index in [9.17, 15) is 0 Å². The normalized spacial score (nSPS) is 28.4. The van der Waals surface area contributed by atoms with Crippen molar-refractivity contribution in [2.45, 2.75) is 0 Å². The van der Waals surface area contributed by atoms with Gasteiger partial charge in [-0.1, -0.05) is 0 Å². The molecule has 0 saturated carbocycles. The van der Waals surface area contributed by atoms with Crippen LogP contribution in [0.4, 0.5) is 0 Å². The molecule has 2 rings (SSSR count). The molecule has 1 nitrogen and oxygen atoms in total. The molecular formula is C8H12N+. The molecule has 2 aliphatic heterocycles. The Morgan fingerprint density at radius 3 is 1.33 bits per heavy atom. The van der Waals surface area contributed by atoms with Gasteiger partial charge in [0.1, 0.15) is 0 Å². The number of rotatable bonds is 0. The Morgan fingerprint density at radius 2 is 1.00 bits per heavy atom. The fourth-order valence-corrected chi connectivity index (χ4v) is 1.64. The van der Waals surface area contributed by atoms with E-state index in [2.05, 4.69) is 24.3 Å². The summed E-state index contributed by atoms with van der Waals surface area (Å²) in [5.74, 6) is 0. The van der Waals surface area contributed by atoms with Crippen molar-refractivity contribution in [3.63, 3.8) is 0 Å². The van der Waals surface area contributed by atoms with Crippen LogP contribution in [-0.4, -0.2) is 30.7 Å². The second kappa shape index (κ2) is 1.71. The van der Waals surface area contributed by atoms with E-state index in [-0.39, 0.29) is 0 Å². The zero-order valence-electron chi connectivity index (χ0n) is 5.59. The minimum atomic E-state index is 1.26. The number of nitrogens with zero attached hydrogens (tertiary/aromatic N) is 1. The molecule has 2 heterocycles. The zero-order valence-corrected chi connectivity index (χ0v) is 5.59. The van der Waals surface area contributed by atoms with Crippen LogP contribution in [-0.2, 0) is 0 Å². The maximum atomic E-state index is 2.30. The molecule has 0 N–H and O–H groups in total. The van der Waals surface area contributed by atoms with E-state index in [1.165, 1.54) is 30.7 Å². The van der Waals surface area contributed by atoms with Gasteiger partial charge in [-0.25, -0.2) is 0 Å². The minimum absolute atomic E-state index is 1.26. The summed E-state index contributed by atoms with van der Waals surface area (Å²) in [5.41, 5.74) is 0. The summed E-state index contributed by atoms with van der Waals surface area (Å²) in [7, 11) is 0. The van der Waals surface area contributed by atoms with Gasteiger partial charge >= 0.3 is 0 Å². The maximum Gasteiger partial charge on any atom is 0.0983 e. The SMILES string of the molecule is C1=CC[N+]2(C1)CC=CC2. The van der Waals surface area contributed by atoms with E-state index in [0.29, 0.717) is 0 Å². The largest absolute Gasteiger partial charge is 0.311 e. The summed E-state index contributed by atoms with van der Waals surface area (Å²) in [6.45, 7) is 5.03. The molecule has 9 heavy (non-hydrogen) atoms. The Labute approximate surface area is 55.9 Å². The molecule has 0 aromatic heterocycles. The van der Waals surface area contributed by atoms with Gasteiger partial charge in [-0.2, -0.15) is 0 Å². The van der Waals surface area contributed by atoms with Crippen LogP contribution in [0.3, 0.4) is 0 Å². The standard InChI is InChI=1S/C8H12N/c1-2-6-9(5-1)7-3-4-8-9/h1-4H,5-8H2/q+1. The molecular weight excluding hydrogens is 110 g/mol. The molecule has 0 unspecified atom stereocenters. The van der Waals surface area contributed by atoms with Crippen molar-refractivity contribution in [2.24, 2.45) is 0 Å². The molecule has 48 valence electrons. The highest BCUT2D eigenvalue weighted by atomic mass is 15.4. The first-order valence-corrected chi connectivity index (χ1v) is 3.56. The van der Waals surface area contributed by atoms with Gasteiger partial charge < -0.3 is 4.48 Å². The molecule has 1 heteroatoms. The molecule has 0 aromatic carbocycles. The summed E-state index contributed by atoms with van der Waals surface area (Å²) in [4.78, 5) is 0. The molecule has 0 radical (unpaired) electrons. The molecule has 0 atom stereocenters. The van der Waals surface area contributed by atoms with Crippen LogP contribution in [0.5, 0.6) is 0 Å². The third-order valence-electron chi connectivity index (χ3n) is 2.30. The zero-order chi connectivity index (χ0) is 6.16. The van der Waals surface area contributed by atoms with Crippen molar-refractivity contribution in [3.8, 4) is 0 Å². The van der Waals surface area contributed by atoms with Crippen LogP contribution in [0.1, 0.15) is 0 Å². The van der Waals surface area contributed by atoms with Crippen LogP contribution >= 0.6 is 0 Å². The topological polar surface area (TPSA) is 0 Å². The first-order chi connectivity index (χ1) is 4.41. The lowest BCUT2D eigenvalue weighted by Gasteiger charge is -2.27. The summed E-state index contributed by atoms with van der Waals surface area (Å²) >= 11 is 0. The van der Waals surface area contributed by atoms with Crippen molar-refractivity contribution in [1.82, 2.24) is 0 Å². The van der Waals surface area contributed by atoms with Crippen molar-refractivity contribution < 1.29 is 4.48 Å². The predicted molar refractivity (Wildman–Crippen MR) is 38.0 cm³/mol.